The van der Waals surface area contributed by atoms with Crippen LogP contribution in [0.1, 0.15) is 5.56 Å². The van der Waals surface area contributed by atoms with Crippen LogP contribution < -0.4 is 11.3 Å². The number of nitrogens with zero attached hydrogens (tertiary/aromatic N) is 2. The number of aryl methyl sites for hydroxylation is 1. The van der Waals surface area contributed by atoms with Gasteiger partial charge in [-0.2, -0.15) is 5.10 Å². The monoisotopic (exact) mass is 293 g/mol. The third kappa shape index (κ3) is 3.31. The zero-order valence-corrected chi connectivity index (χ0v) is 11.6. The predicted octanol–water partition coefficient (Wildman–Crippen LogP) is 0.176. The SMILES string of the molecule is NCc1ccc(S(=O)(=O)CCn2ncccc2=O)cc1. The van der Waals surface area contributed by atoms with E-state index in [2.05, 4.69) is 5.10 Å². The van der Waals surface area contributed by atoms with Crippen LogP contribution in [0.5, 0.6) is 0 Å². The Balaban J connectivity index is 2.15. The first kappa shape index (κ1) is 14.4. The minimum Gasteiger partial charge on any atom is -0.326 e. The van der Waals surface area contributed by atoms with Crippen LogP contribution in [0.3, 0.4) is 0 Å². The Hall–Kier alpha value is -1.99. The van der Waals surface area contributed by atoms with Gasteiger partial charge in [-0.1, -0.05) is 12.1 Å². The van der Waals surface area contributed by atoms with Gasteiger partial charge >= 0.3 is 0 Å². The van der Waals surface area contributed by atoms with Gasteiger partial charge in [-0.3, -0.25) is 4.79 Å². The van der Waals surface area contributed by atoms with Crippen molar-refractivity contribution in [2.75, 3.05) is 5.75 Å². The van der Waals surface area contributed by atoms with Crippen LogP contribution in [0, 0.1) is 0 Å². The van der Waals surface area contributed by atoms with Crippen LogP contribution in [0.15, 0.2) is 52.3 Å². The quantitative estimate of drug-likeness (QED) is 0.848. The molecule has 106 valence electrons. The van der Waals surface area contributed by atoms with Gasteiger partial charge in [0.1, 0.15) is 0 Å². The molecule has 0 aliphatic rings. The van der Waals surface area contributed by atoms with Crippen LogP contribution >= 0.6 is 0 Å². The topological polar surface area (TPSA) is 95.1 Å². The molecule has 0 saturated carbocycles. The fraction of sp³-hybridized carbons (Fsp3) is 0.231. The third-order valence-electron chi connectivity index (χ3n) is 2.88. The Labute approximate surface area is 116 Å². The summed E-state index contributed by atoms with van der Waals surface area (Å²) in [6.45, 7) is 0.393. The highest BCUT2D eigenvalue weighted by Gasteiger charge is 2.14. The molecule has 20 heavy (non-hydrogen) atoms. The molecule has 0 unspecified atom stereocenters. The zero-order valence-electron chi connectivity index (χ0n) is 10.8. The average molecular weight is 293 g/mol. The molecule has 6 nitrogen and oxygen atoms in total. The van der Waals surface area contributed by atoms with Crippen molar-refractivity contribution in [3.63, 3.8) is 0 Å². The summed E-state index contributed by atoms with van der Waals surface area (Å²) >= 11 is 0. The van der Waals surface area contributed by atoms with Crippen molar-refractivity contribution in [3.8, 4) is 0 Å². The number of rotatable bonds is 5. The molecule has 2 N–H and O–H groups in total. The lowest BCUT2D eigenvalue weighted by Crippen LogP contribution is -2.25. The van der Waals surface area contributed by atoms with Gasteiger partial charge in [-0.15, -0.1) is 0 Å². The molecular formula is C13H15N3O3S. The molecule has 1 aromatic carbocycles. The fourth-order valence-corrected chi connectivity index (χ4v) is 2.91. The van der Waals surface area contributed by atoms with Gasteiger partial charge in [0.25, 0.3) is 5.56 Å². The normalized spacial score (nSPS) is 11.4. The van der Waals surface area contributed by atoms with Gasteiger partial charge in [-0.25, -0.2) is 13.1 Å². The summed E-state index contributed by atoms with van der Waals surface area (Å²) in [5.41, 5.74) is 6.01. The predicted molar refractivity (Wildman–Crippen MR) is 74.9 cm³/mol. The van der Waals surface area contributed by atoms with Crippen LogP contribution in [0.4, 0.5) is 0 Å². The van der Waals surface area contributed by atoms with Gasteiger partial charge in [0.2, 0.25) is 0 Å². The molecule has 0 spiro atoms. The molecular weight excluding hydrogens is 278 g/mol. The molecule has 0 aliphatic heterocycles. The number of sulfone groups is 1. The summed E-state index contributed by atoms with van der Waals surface area (Å²) in [6.07, 6.45) is 1.45. The minimum absolute atomic E-state index is 0.0284. The summed E-state index contributed by atoms with van der Waals surface area (Å²) in [6, 6.07) is 9.27. The van der Waals surface area contributed by atoms with Crippen molar-refractivity contribution < 1.29 is 8.42 Å². The molecule has 2 rings (SSSR count). The molecule has 0 bridgehead atoms. The van der Waals surface area contributed by atoms with Crippen molar-refractivity contribution >= 4 is 9.84 Å². The standard InChI is InChI=1S/C13H15N3O3S/c14-10-11-3-5-12(6-4-11)20(18,19)9-8-16-13(17)2-1-7-15-16/h1-7H,8-10,14H2. The van der Waals surface area contributed by atoms with Gasteiger partial charge in [-0.05, 0) is 23.8 Å². The second-order valence-electron chi connectivity index (χ2n) is 4.25. The van der Waals surface area contributed by atoms with Gasteiger partial charge in [0, 0.05) is 18.8 Å². The maximum atomic E-state index is 12.1. The van der Waals surface area contributed by atoms with Gasteiger partial charge in [0.05, 0.1) is 17.2 Å². The third-order valence-corrected chi connectivity index (χ3v) is 4.59. The van der Waals surface area contributed by atoms with E-state index in [9.17, 15) is 13.2 Å². The van der Waals surface area contributed by atoms with Crippen molar-refractivity contribution in [2.24, 2.45) is 5.73 Å². The number of hydrogen-bond donors (Lipinski definition) is 1. The lowest BCUT2D eigenvalue weighted by Gasteiger charge is -2.06. The lowest BCUT2D eigenvalue weighted by molar-refractivity contribution is 0.571. The van der Waals surface area contributed by atoms with Gasteiger partial charge in [0.15, 0.2) is 9.84 Å². The summed E-state index contributed by atoms with van der Waals surface area (Å²) < 4.78 is 25.4. The maximum absolute atomic E-state index is 12.1. The Morgan fingerprint density at radius 1 is 1.15 bits per heavy atom. The highest BCUT2D eigenvalue weighted by Crippen LogP contribution is 2.12. The van der Waals surface area contributed by atoms with E-state index in [0.29, 0.717) is 6.54 Å². The molecule has 0 fully saturated rings. The maximum Gasteiger partial charge on any atom is 0.266 e. The highest BCUT2D eigenvalue weighted by atomic mass is 32.2. The van der Waals surface area contributed by atoms with Crippen LogP contribution in [-0.4, -0.2) is 24.0 Å². The molecule has 0 amide bonds. The molecule has 0 aliphatic carbocycles. The van der Waals surface area contributed by atoms with Gasteiger partial charge < -0.3 is 5.73 Å². The van der Waals surface area contributed by atoms with Crippen LogP contribution in [-0.2, 0) is 22.9 Å². The summed E-state index contributed by atoms with van der Waals surface area (Å²) in [5.74, 6) is -0.175. The summed E-state index contributed by atoms with van der Waals surface area (Å²) in [4.78, 5) is 11.7. The summed E-state index contributed by atoms with van der Waals surface area (Å²) in [7, 11) is -3.44. The van der Waals surface area contributed by atoms with Crippen molar-refractivity contribution in [1.29, 1.82) is 0 Å². The Morgan fingerprint density at radius 3 is 2.45 bits per heavy atom. The molecule has 1 aromatic heterocycles. The highest BCUT2D eigenvalue weighted by molar-refractivity contribution is 7.91. The van der Waals surface area contributed by atoms with E-state index >= 15 is 0 Å². The molecule has 0 radical (unpaired) electrons. The van der Waals surface area contributed by atoms with Crippen LogP contribution in [0.2, 0.25) is 0 Å². The van der Waals surface area contributed by atoms with E-state index in [1.54, 1.807) is 12.1 Å². The van der Waals surface area contributed by atoms with Crippen molar-refractivity contribution in [2.45, 2.75) is 18.0 Å². The van der Waals surface area contributed by atoms with E-state index in [-0.39, 0.29) is 22.8 Å². The Kier molecular flexibility index (Phi) is 4.31. The fourth-order valence-electron chi connectivity index (χ4n) is 1.71. The molecule has 0 atom stereocenters. The second kappa shape index (κ2) is 5.98. The van der Waals surface area contributed by atoms with Crippen LogP contribution in [0.25, 0.3) is 0 Å². The first-order valence-electron chi connectivity index (χ1n) is 6.07. The average Bonchev–Trinajstić information content (AvgIpc) is 2.46. The second-order valence-corrected chi connectivity index (χ2v) is 6.36. The smallest absolute Gasteiger partial charge is 0.266 e. The Bertz CT molecular complexity index is 736. The largest absolute Gasteiger partial charge is 0.326 e. The lowest BCUT2D eigenvalue weighted by atomic mass is 10.2. The van der Waals surface area contributed by atoms with E-state index in [4.69, 9.17) is 5.73 Å². The minimum atomic E-state index is -3.44. The number of nitrogens with two attached hydrogens (primary N) is 1. The van der Waals surface area contributed by atoms with E-state index in [0.717, 1.165) is 10.2 Å². The number of aromatic nitrogens is 2. The first-order valence-corrected chi connectivity index (χ1v) is 7.72. The molecule has 1 heterocycles. The number of benzene rings is 1. The molecule has 2 aromatic rings. The van der Waals surface area contributed by atoms with Crippen molar-refractivity contribution in [3.05, 3.63) is 58.5 Å². The first-order chi connectivity index (χ1) is 9.53. The molecule has 7 heteroatoms. The zero-order chi connectivity index (χ0) is 14.6. The van der Waals surface area contributed by atoms with E-state index in [1.807, 2.05) is 0 Å². The summed E-state index contributed by atoms with van der Waals surface area (Å²) in [5, 5.41) is 3.83. The van der Waals surface area contributed by atoms with Crippen molar-refractivity contribution in [1.82, 2.24) is 9.78 Å². The van der Waals surface area contributed by atoms with E-state index in [1.165, 1.54) is 30.5 Å². The Morgan fingerprint density at radius 2 is 1.85 bits per heavy atom. The number of hydrogen-bond acceptors (Lipinski definition) is 5. The van der Waals surface area contributed by atoms with E-state index < -0.39 is 9.84 Å². The molecule has 0 saturated heterocycles.